The van der Waals surface area contributed by atoms with Gasteiger partial charge in [0.1, 0.15) is 5.82 Å². The Morgan fingerprint density at radius 2 is 2.19 bits per heavy atom. The molecule has 0 spiro atoms. The number of nitrogens with zero attached hydrogens (tertiary/aromatic N) is 4. The second kappa shape index (κ2) is 7.82. The quantitative estimate of drug-likeness (QED) is 0.770. The number of amides is 2. The van der Waals surface area contributed by atoms with E-state index in [1.165, 1.54) is 0 Å². The summed E-state index contributed by atoms with van der Waals surface area (Å²) in [4.78, 5) is 20.8. The van der Waals surface area contributed by atoms with Gasteiger partial charge in [0.05, 0.1) is 12.1 Å². The Morgan fingerprint density at radius 1 is 1.38 bits per heavy atom. The summed E-state index contributed by atoms with van der Waals surface area (Å²) >= 11 is 0. The molecule has 2 aromatic heterocycles. The van der Waals surface area contributed by atoms with Gasteiger partial charge in [-0.05, 0) is 45.2 Å². The fraction of sp³-hybridized carbons (Fsp3) is 0.556. The summed E-state index contributed by atoms with van der Waals surface area (Å²) in [6, 6.07) is 3.28. The van der Waals surface area contributed by atoms with E-state index in [4.69, 9.17) is 4.98 Å². The normalized spacial score (nSPS) is 23.0. The largest absolute Gasteiger partial charge is 0.391 e. The van der Waals surface area contributed by atoms with Crippen LogP contribution < -0.4 is 10.6 Å². The van der Waals surface area contributed by atoms with E-state index in [1.54, 1.807) is 17.1 Å². The molecule has 2 aromatic rings. The van der Waals surface area contributed by atoms with Crippen molar-refractivity contribution in [2.24, 2.45) is 7.05 Å². The van der Waals surface area contributed by atoms with Crippen LogP contribution in [0.5, 0.6) is 0 Å². The lowest BCUT2D eigenvalue weighted by Crippen LogP contribution is -2.51. The molecule has 2 heterocycles. The van der Waals surface area contributed by atoms with E-state index < -0.39 is 6.10 Å². The number of pyridine rings is 1. The van der Waals surface area contributed by atoms with E-state index in [0.717, 1.165) is 17.8 Å². The molecule has 8 heteroatoms. The van der Waals surface area contributed by atoms with Crippen LogP contribution in [0.4, 0.5) is 4.79 Å². The number of urea groups is 1. The number of hydrogen-bond donors (Lipinski definition) is 3. The molecule has 1 aliphatic rings. The van der Waals surface area contributed by atoms with Crippen LogP contribution in [0.3, 0.4) is 0 Å². The zero-order chi connectivity index (χ0) is 18.7. The molecule has 26 heavy (non-hydrogen) atoms. The van der Waals surface area contributed by atoms with Gasteiger partial charge in [0.15, 0.2) is 5.82 Å². The molecular weight excluding hydrogens is 332 g/mol. The Labute approximate surface area is 153 Å². The molecule has 3 atom stereocenters. The highest BCUT2D eigenvalue weighted by Crippen LogP contribution is 2.33. The SMILES string of the molecule is CC(C)NC(=O)N[C@@H]1C[C@@H](c2nc(-c3cccnc3)nn2C)CC[C@H]1O. The highest BCUT2D eigenvalue weighted by molar-refractivity contribution is 5.74. The van der Waals surface area contributed by atoms with Crippen LogP contribution in [-0.2, 0) is 7.05 Å². The smallest absolute Gasteiger partial charge is 0.315 e. The molecule has 0 aromatic carbocycles. The predicted molar refractivity (Wildman–Crippen MR) is 97.4 cm³/mol. The summed E-state index contributed by atoms with van der Waals surface area (Å²) in [6.45, 7) is 3.80. The maximum Gasteiger partial charge on any atom is 0.315 e. The van der Waals surface area contributed by atoms with Gasteiger partial charge in [0.2, 0.25) is 0 Å². The van der Waals surface area contributed by atoms with E-state index in [-0.39, 0.29) is 24.0 Å². The van der Waals surface area contributed by atoms with Gasteiger partial charge < -0.3 is 15.7 Å². The summed E-state index contributed by atoms with van der Waals surface area (Å²) in [7, 11) is 1.88. The van der Waals surface area contributed by atoms with Crippen molar-refractivity contribution in [2.75, 3.05) is 0 Å². The second-order valence-electron chi connectivity index (χ2n) is 7.12. The Balaban J connectivity index is 1.73. The van der Waals surface area contributed by atoms with Gasteiger partial charge >= 0.3 is 6.03 Å². The molecule has 3 rings (SSSR count). The first kappa shape index (κ1) is 18.3. The lowest BCUT2D eigenvalue weighted by atomic mass is 9.83. The molecule has 140 valence electrons. The standard InChI is InChI=1S/C18H26N6O2/c1-11(2)20-18(26)21-14-9-12(6-7-15(14)25)17-22-16(23-24(17)3)13-5-4-8-19-10-13/h4-5,8,10-12,14-15,25H,6-7,9H2,1-3H3,(H2,20,21,26)/t12-,14+,15+/m0/s1. The van der Waals surface area contributed by atoms with Crippen molar-refractivity contribution in [3.63, 3.8) is 0 Å². The number of rotatable bonds is 4. The minimum Gasteiger partial charge on any atom is -0.391 e. The number of nitrogens with one attached hydrogen (secondary N) is 2. The van der Waals surface area contributed by atoms with E-state index >= 15 is 0 Å². The maximum atomic E-state index is 12.0. The number of hydrogen-bond acceptors (Lipinski definition) is 5. The van der Waals surface area contributed by atoms with Gasteiger partial charge in [0.25, 0.3) is 0 Å². The minimum absolute atomic E-state index is 0.0484. The summed E-state index contributed by atoms with van der Waals surface area (Å²) in [5, 5.41) is 20.5. The third-order valence-electron chi connectivity index (χ3n) is 4.63. The molecule has 0 bridgehead atoms. The lowest BCUT2D eigenvalue weighted by molar-refractivity contribution is 0.0849. The number of aliphatic hydroxyl groups is 1. The van der Waals surface area contributed by atoms with Crippen LogP contribution in [0, 0.1) is 0 Å². The van der Waals surface area contributed by atoms with E-state index in [9.17, 15) is 9.90 Å². The predicted octanol–water partition coefficient (Wildman–Crippen LogP) is 1.58. The Bertz CT molecular complexity index is 745. The first-order valence-electron chi connectivity index (χ1n) is 9.00. The number of carbonyl (C=O) groups excluding carboxylic acids is 1. The first-order chi connectivity index (χ1) is 12.4. The minimum atomic E-state index is -0.546. The second-order valence-corrected chi connectivity index (χ2v) is 7.12. The molecule has 0 saturated heterocycles. The zero-order valence-corrected chi connectivity index (χ0v) is 15.4. The first-order valence-corrected chi connectivity index (χ1v) is 9.00. The van der Waals surface area contributed by atoms with Crippen LogP contribution in [0.2, 0.25) is 0 Å². The summed E-state index contributed by atoms with van der Waals surface area (Å²) in [5.74, 6) is 1.64. The fourth-order valence-electron chi connectivity index (χ4n) is 3.39. The van der Waals surface area contributed by atoms with E-state index in [0.29, 0.717) is 18.7 Å². The number of carbonyl (C=O) groups is 1. The van der Waals surface area contributed by atoms with Crippen molar-refractivity contribution < 1.29 is 9.90 Å². The van der Waals surface area contributed by atoms with Gasteiger partial charge in [0, 0.05) is 37.0 Å². The average Bonchev–Trinajstić information content (AvgIpc) is 2.99. The van der Waals surface area contributed by atoms with Gasteiger partial charge in [-0.15, -0.1) is 0 Å². The Morgan fingerprint density at radius 3 is 2.88 bits per heavy atom. The monoisotopic (exact) mass is 358 g/mol. The van der Waals surface area contributed by atoms with Crippen LogP contribution >= 0.6 is 0 Å². The van der Waals surface area contributed by atoms with Crippen LogP contribution in [0.1, 0.15) is 44.9 Å². The summed E-state index contributed by atoms with van der Waals surface area (Å²) < 4.78 is 1.79. The van der Waals surface area contributed by atoms with Crippen molar-refractivity contribution in [1.82, 2.24) is 30.4 Å². The van der Waals surface area contributed by atoms with Crippen LogP contribution in [0.15, 0.2) is 24.5 Å². The molecule has 3 N–H and O–H groups in total. The number of aliphatic hydroxyl groups excluding tert-OH is 1. The molecule has 1 aliphatic carbocycles. The third kappa shape index (κ3) is 4.19. The molecule has 0 aliphatic heterocycles. The van der Waals surface area contributed by atoms with Crippen molar-refractivity contribution in [3.05, 3.63) is 30.4 Å². The molecule has 1 saturated carbocycles. The Kier molecular flexibility index (Phi) is 5.51. The lowest BCUT2D eigenvalue weighted by Gasteiger charge is -2.33. The molecule has 8 nitrogen and oxygen atoms in total. The molecule has 2 amide bonds. The molecular formula is C18H26N6O2. The fourth-order valence-corrected chi connectivity index (χ4v) is 3.39. The zero-order valence-electron chi connectivity index (χ0n) is 15.4. The third-order valence-corrected chi connectivity index (χ3v) is 4.63. The highest BCUT2D eigenvalue weighted by Gasteiger charge is 2.33. The maximum absolute atomic E-state index is 12.0. The van der Waals surface area contributed by atoms with E-state index in [1.807, 2.05) is 33.0 Å². The van der Waals surface area contributed by atoms with Gasteiger partial charge in [-0.25, -0.2) is 9.78 Å². The van der Waals surface area contributed by atoms with Crippen LogP contribution in [-0.4, -0.2) is 49.1 Å². The van der Waals surface area contributed by atoms with E-state index in [2.05, 4.69) is 20.7 Å². The summed E-state index contributed by atoms with van der Waals surface area (Å²) in [5.41, 5.74) is 0.871. The topological polar surface area (TPSA) is 105 Å². The van der Waals surface area contributed by atoms with Crippen molar-refractivity contribution in [2.45, 2.75) is 57.2 Å². The summed E-state index contributed by atoms with van der Waals surface area (Å²) in [6.07, 6.45) is 4.97. The van der Waals surface area contributed by atoms with Crippen molar-refractivity contribution in [1.29, 1.82) is 0 Å². The van der Waals surface area contributed by atoms with Gasteiger partial charge in [-0.2, -0.15) is 5.10 Å². The number of aromatic nitrogens is 4. The van der Waals surface area contributed by atoms with Crippen molar-refractivity contribution in [3.8, 4) is 11.4 Å². The Hall–Kier alpha value is -2.48. The molecule has 1 fully saturated rings. The van der Waals surface area contributed by atoms with Gasteiger partial charge in [-0.1, -0.05) is 0 Å². The number of aryl methyl sites for hydroxylation is 1. The highest BCUT2D eigenvalue weighted by atomic mass is 16.3. The van der Waals surface area contributed by atoms with Crippen LogP contribution in [0.25, 0.3) is 11.4 Å². The van der Waals surface area contributed by atoms with Crippen molar-refractivity contribution >= 4 is 6.03 Å². The average molecular weight is 358 g/mol. The van der Waals surface area contributed by atoms with Gasteiger partial charge in [-0.3, -0.25) is 9.67 Å². The molecule has 0 unspecified atom stereocenters. The molecule has 0 radical (unpaired) electrons.